The number of halogens is 1. The molecule has 0 radical (unpaired) electrons. The van der Waals surface area contributed by atoms with Crippen molar-refractivity contribution in [3.63, 3.8) is 0 Å². The first-order valence-electron chi connectivity index (χ1n) is 9.22. The van der Waals surface area contributed by atoms with Crippen molar-refractivity contribution < 1.29 is 4.79 Å². The van der Waals surface area contributed by atoms with Gasteiger partial charge in [-0.05, 0) is 35.4 Å². The second kappa shape index (κ2) is 8.29. The molecule has 1 amide bonds. The van der Waals surface area contributed by atoms with Gasteiger partial charge >= 0.3 is 0 Å². The Kier molecular flexibility index (Phi) is 5.40. The zero-order valence-corrected chi connectivity index (χ0v) is 16.6. The maximum Gasteiger partial charge on any atom is 0.244 e. The molecular formula is C23H19ClN4O. The quantitative estimate of drug-likeness (QED) is 0.389. The van der Waals surface area contributed by atoms with Crippen LogP contribution in [-0.2, 0) is 11.2 Å². The summed E-state index contributed by atoms with van der Waals surface area (Å²) in [6.45, 7) is 1.85. The Morgan fingerprint density at radius 1 is 1.07 bits per heavy atom. The fourth-order valence-corrected chi connectivity index (χ4v) is 3.55. The van der Waals surface area contributed by atoms with Gasteiger partial charge in [-0.1, -0.05) is 72.3 Å². The summed E-state index contributed by atoms with van der Waals surface area (Å²) in [6.07, 6.45) is 1.78. The van der Waals surface area contributed by atoms with Gasteiger partial charge in [-0.3, -0.25) is 4.79 Å². The minimum atomic E-state index is -0.193. The van der Waals surface area contributed by atoms with E-state index in [0.29, 0.717) is 10.7 Å². The molecular weight excluding hydrogens is 384 g/mol. The van der Waals surface area contributed by atoms with Crippen LogP contribution in [0.4, 0.5) is 0 Å². The lowest BCUT2D eigenvalue weighted by atomic mass is 10.0. The van der Waals surface area contributed by atoms with Crippen LogP contribution in [0.1, 0.15) is 16.8 Å². The fourth-order valence-electron chi connectivity index (χ4n) is 3.23. The molecule has 0 bridgehead atoms. The lowest BCUT2D eigenvalue weighted by Gasteiger charge is -2.05. The number of carbonyl (C=O) groups excluding carboxylic acids is 1. The number of aryl methyl sites for hydroxylation is 1. The molecule has 0 atom stereocenters. The zero-order chi connectivity index (χ0) is 20.2. The Morgan fingerprint density at radius 2 is 1.79 bits per heavy atom. The largest absolute Gasteiger partial charge is 0.273 e. The van der Waals surface area contributed by atoms with E-state index in [1.807, 2.05) is 79.7 Å². The molecule has 144 valence electrons. The van der Waals surface area contributed by atoms with E-state index < -0.39 is 0 Å². The van der Waals surface area contributed by atoms with Crippen molar-refractivity contribution in [2.75, 3.05) is 0 Å². The molecule has 1 aromatic heterocycles. The molecule has 0 unspecified atom stereocenters. The van der Waals surface area contributed by atoms with Gasteiger partial charge in [0.25, 0.3) is 0 Å². The van der Waals surface area contributed by atoms with Crippen LogP contribution in [0, 0.1) is 6.92 Å². The number of hydrogen-bond donors (Lipinski definition) is 1. The second-order valence-corrected chi connectivity index (χ2v) is 7.00. The predicted molar refractivity (Wildman–Crippen MR) is 117 cm³/mol. The van der Waals surface area contributed by atoms with Crippen LogP contribution in [-0.4, -0.2) is 21.9 Å². The van der Waals surface area contributed by atoms with Crippen LogP contribution in [0.2, 0.25) is 5.15 Å². The average Bonchev–Trinajstić information content (AvgIpc) is 3.03. The summed E-state index contributed by atoms with van der Waals surface area (Å²) in [6, 6.07) is 23.6. The third-order valence-corrected chi connectivity index (χ3v) is 5.03. The number of rotatable bonds is 5. The Labute approximate surface area is 173 Å². The molecule has 1 heterocycles. The van der Waals surface area contributed by atoms with Crippen LogP contribution in [0.15, 0.2) is 77.9 Å². The molecule has 4 rings (SSSR count). The highest BCUT2D eigenvalue weighted by Gasteiger charge is 2.13. The van der Waals surface area contributed by atoms with Crippen LogP contribution in [0.3, 0.4) is 0 Å². The molecule has 5 nitrogen and oxygen atoms in total. The molecule has 0 aliphatic heterocycles. The number of fused-ring (bicyclic) bond motifs is 1. The van der Waals surface area contributed by atoms with E-state index in [1.54, 1.807) is 4.68 Å². The van der Waals surface area contributed by atoms with Gasteiger partial charge in [-0.2, -0.15) is 10.2 Å². The van der Waals surface area contributed by atoms with E-state index in [1.165, 1.54) is 6.21 Å². The highest BCUT2D eigenvalue weighted by Crippen LogP contribution is 2.22. The predicted octanol–water partition coefficient (Wildman–Crippen LogP) is 4.68. The number of hydrogen-bond acceptors (Lipinski definition) is 3. The summed E-state index contributed by atoms with van der Waals surface area (Å²) >= 11 is 6.47. The molecule has 6 heteroatoms. The number of carbonyl (C=O) groups is 1. The molecule has 1 N–H and O–H groups in total. The summed E-state index contributed by atoms with van der Waals surface area (Å²) < 4.78 is 1.65. The summed E-state index contributed by atoms with van der Waals surface area (Å²) in [5.74, 6) is -0.193. The van der Waals surface area contributed by atoms with Gasteiger partial charge in [-0.15, -0.1) is 0 Å². The molecule has 0 fully saturated rings. The maximum absolute atomic E-state index is 12.4. The highest BCUT2D eigenvalue weighted by atomic mass is 35.5. The van der Waals surface area contributed by atoms with Crippen molar-refractivity contribution in [1.29, 1.82) is 0 Å². The third kappa shape index (κ3) is 4.05. The Balaban J connectivity index is 1.48. The van der Waals surface area contributed by atoms with E-state index in [9.17, 15) is 4.79 Å². The maximum atomic E-state index is 12.4. The van der Waals surface area contributed by atoms with Gasteiger partial charge in [-0.25, -0.2) is 10.1 Å². The standard InChI is InChI=1S/C23H19ClN4O/c1-16-21(23(24)28(27-16)19-11-3-2-4-12-19)15-25-26-22(29)14-18-10-7-9-17-8-5-6-13-20(17)18/h2-13,15H,14H2,1H3,(H,26,29)/b25-15-. The number of benzene rings is 3. The Hall–Kier alpha value is -3.44. The van der Waals surface area contributed by atoms with Crippen molar-refractivity contribution in [2.45, 2.75) is 13.3 Å². The lowest BCUT2D eigenvalue weighted by Crippen LogP contribution is -2.20. The minimum absolute atomic E-state index is 0.193. The summed E-state index contributed by atoms with van der Waals surface area (Å²) in [7, 11) is 0. The molecule has 4 aromatic rings. The molecule has 0 spiro atoms. The van der Waals surface area contributed by atoms with Crippen molar-refractivity contribution in [2.24, 2.45) is 5.10 Å². The van der Waals surface area contributed by atoms with Crippen molar-refractivity contribution in [1.82, 2.24) is 15.2 Å². The van der Waals surface area contributed by atoms with Crippen molar-refractivity contribution >= 4 is 34.5 Å². The van der Waals surface area contributed by atoms with Gasteiger partial charge in [0, 0.05) is 0 Å². The van der Waals surface area contributed by atoms with E-state index >= 15 is 0 Å². The van der Waals surface area contributed by atoms with E-state index in [4.69, 9.17) is 11.6 Å². The number of para-hydroxylation sites is 1. The second-order valence-electron chi connectivity index (χ2n) is 6.65. The topological polar surface area (TPSA) is 59.3 Å². The molecule has 3 aromatic carbocycles. The smallest absolute Gasteiger partial charge is 0.244 e. The van der Waals surface area contributed by atoms with E-state index in [-0.39, 0.29) is 12.3 Å². The first-order valence-corrected chi connectivity index (χ1v) is 9.60. The number of nitrogens with one attached hydrogen (secondary N) is 1. The number of aromatic nitrogens is 2. The number of hydrazone groups is 1. The molecule has 0 aliphatic rings. The highest BCUT2D eigenvalue weighted by molar-refractivity contribution is 6.32. The van der Waals surface area contributed by atoms with Gasteiger partial charge in [0.2, 0.25) is 5.91 Å². The van der Waals surface area contributed by atoms with Gasteiger partial charge in [0.05, 0.1) is 29.6 Å². The summed E-state index contributed by atoms with van der Waals surface area (Å²) in [5.41, 5.74) is 5.80. The molecule has 0 aliphatic carbocycles. The molecule has 0 saturated heterocycles. The van der Waals surface area contributed by atoms with E-state index in [2.05, 4.69) is 15.6 Å². The minimum Gasteiger partial charge on any atom is -0.273 e. The summed E-state index contributed by atoms with van der Waals surface area (Å²) in [4.78, 5) is 12.4. The molecule has 0 saturated carbocycles. The number of amides is 1. The van der Waals surface area contributed by atoms with Crippen molar-refractivity contribution in [3.05, 3.63) is 94.8 Å². The van der Waals surface area contributed by atoms with Crippen LogP contribution in [0.5, 0.6) is 0 Å². The van der Waals surface area contributed by atoms with E-state index in [0.717, 1.165) is 27.7 Å². The lowest BCUT2D eigenvalue weighted by molar-refractivity contribution is -0.120. The number of nitrogens with zero attached hydrogens (tertiary/aromatic N) is 3. The van der Waals surface area contributed by atoms with Gasteiger partial charge in [0.1, 0.15) is 5.15 Å². The third-order valence-electron chi connectivity index (χ3n) is 4.66. The SMILES string of the molecule is Cc1nn(-c2ccccc2)c(Cl)c1/C=N\NC(=O)Cc1cccc2ccccc12. The van der Waals surface area contributed by atoms with Crippen LogP contribution in [0.25, 0.3) is 16.5 Å². The summed E-state index contributed by atoms with van der Waals surface area (Å²) in [5, 5.41) is 11.2. The first-order chi connectivity index (χ1) is 14.1. The first kappa shape index (κ1) is 18.9. The molecule has 29 heavy (non-hydrogen) atoms. The monoisotopic (exact) mass is 402 g/mol. The van der Waals surface area contributed by atoms with Gasteiger partial charge in [0.15, 0.2) is 0 Å². The van der Waals surface area contributed by atoms with Crippen LogP contribution < -0.4 is 5.43 Å². The van der Waals surface area contributed by atoms with Gasteiger partial charge < -0.3 is 0 Å². The zero-order valence-electron chi connectivity index (χ0n) is 15.8. The van der Waals surface area contributed by atoms with Crippen molar-refractivity contribution in [3.8, 4) is 5.69 Å². The Morgan fingerprint density at radius 3 is 2.62 bits per heavy atom. The fraction of sp³-hybridized carbons (Fsp3) is 0.0870. The average molecular weight is 403 g/mol. The normalized spacial score (nSPS) is 11.2. The van der Waals surface area contributed by atoms with Crippen LogP contribution >= 0.6 is 11.6 Å². The Bertz CT molecular complexity index is 1190.